The first-order valence-corrected chi connectivity index (χ1v) is 8.94. The van der Waals surface area contributed by atoms with Gasteiger partial charge in [-0.05, 0) is 74.0 Å². The van der Waals surface area contributed by atoms with Gasteiger partial charge in [0, 0.05) is 23.6 Å². The molecule has 0 saturated heterocycles. The lowest BCUT2D eigenvalue weighted by Gasteiger charge is -2.29. The summed E-state index contributed by atoms with van der Waals surface area (Å²) in [6.07, 6.45) is 1.73. The van der Waals surface area contributed by atoms with E-state index in [0.29, 0.717) is 11.8 Å². The maximum Gasteiger partial charge on any atom is 0.160 e. The molecule has 0 radical (unpaired) electrons. The summed E-state index contributed by atoms with van der Waals surface area (Å²) in [6, 6.07) is 24.0. The van der Waals surface area contributed by atoms with Crippen LogP contribution in [0.4, 0.5) is 17.1 Å². The lowest BCUT2D eigenvalue weighted by molar-refractivity contribution is 0.373. The molecule has 0 saturated carbocycles. The van der Waals surface area contributed by atoms with Gasteiger partial charge in [0.25, 0.3) is 0 Å². The third-order valence-electron chi connectivity index (χ3n) is 4.24. The fraction of sp³-hybridized carbons (Fsp3) is 0.174. The minimum absolute atomic E-state index is 0.104. The lowest BCUT2D eigenvalue weighted by Crippen LogP contribution is -2.25. The molecule has 3 rings (SSSR count). The number of hydrogen-bond donors (Lipinski definition) is 1. The van der Waals surface area contributed by atoms with Crippen LogP contribution in [0.1, 0.15) is 19.4 Å². The van der Waals surface area contributed by atoms with Crippen molar-refractivity contribution < 1.29 is 9.84 Å². The Hall–Kier alpha value is -3.27. The second kappa shape index (κ2) is 8.41. The van der Waals surface area contributed by atoms with Crippen LogP contribution in [0.2, 0.25) is 0 Å². The Morgan fingerprint density at radius 1 is 0.926 bits per heavy atom. The van der Waals surface area contributed by atoms with Gasteiger partial charge in [-0.2, -0.15) is 0 Å². The minimum atomic E-state index is 0.104. The van der Waals surface area contributed by atoms with Crippen molar-refractivity contribution in [3.63, 3.8) is 0 Å². The standard InChI is InChI=1S/C23H24N2O2/c1-17(2)25(20-7-5-4-6-8-20)21-12-10-19(11-13-21)24-16-18-9-14-23(27-3)22(26)15-18/h4-17,26H,1-3H3. The molecule has 0 aliphatic heterocycles. The summed E-state index contributed by atoms with van der Waals surface area (Å²) in [5.74, 6) is 0.554. The number of anilines is 2. The van der Waals surface area contributed by atoms with Crippen LogP contribution < -0.4 is 9.64 Å². The molecule has 4 heteroatoms. The van der Waals surface area contributed by atoms with E-state index in [1.165, 1.54) is 7.11 Å². The molecule has 0 heterocycles. The summed E-state index contributed by atoms with van der Waals surface area (Å²) < 4.78 is 5.05. The Balaban J connectivity index is 1.79. The SMILES string of the molecule is COc1ccc(C=Nc2ccc(N(c3ccccc3)C(C)C)cc2)cc1O. The van der Waals surface area contributed by atoms with Crippen LogP contribution in [0.5, 0.6) is 11.5 Å². The number of methoxy groups -OCH3 is 1. The van der Waals surface area contributed by atoms with Crippen LogP contribution in [0.3, 0.4) is 0 Å². The van der Waals surface area contributed by atoms with Gasteiger partial charge in [0.1, 0.15) is 0 Å². The topological polar surface area (TPSA) is 45.1 Å². The number of hydrogen-bond acceptors (Lipinski definition) is 4. The highest BCUT2D eigenvalue weighted by atomic mass is 16.5. The number of para-hydroxylation sites is 1. The van der Waals surface area contributed by atoms with E-state index in [0.717, 1.165) is 22.6 Å². The van der Waals surface area contributed by atoms with Crippen molar-refractivity contribution >= 4 is 23.3 Å². The van der Waals surface area contributed by atoms with E-state index in [1.807, 2.05) is 36.4 Å². The van der Waals surface area contributed by atoms with Gasteiger partial charge in [-0.1, -0.05) is 18.2 Å². The average Bonchev–Trinajstić information content (AvgIpc) is 2.68. The third kappa shape index (κ3) is 4.47. The molecule has 0 aromatic heterocycles. The molecule has 0 unspecified atom stereocenters. The molecule has 0 bridgehead atoms. The number of benzene rings is 3. The van der Waals surface area contributed by atoms with Crippen LogP contribution in [-0.4, -0.2) is 24.5 Å². The van der Waals surface area contributed by atoms with Gasteiger partial charge < -0.3 is 14.7 Å². The quantitative estimate of drug-likeness (QED) is 0.574. The molecule has 0 amide bonds. The van der Waals surface area contributed by atoms with Crippen molar-refractivity contribution in [1.29, 1.82) is 0 Å². The molecule has 0 aliphatic rings. The Kier molecular flexibility index (Phi) is 5.77. The van der Waals surface area contributed by atoms with Crippen LogP contribution in [-0.2, 0) is 0 Å². The van der Waals surface area contributed by atoms with Crippen LogP contribution in [0.25, 0.3) is 0 Å². The maximum absolute atomic E-state index is 9.85. The molecule has 0 fully saturated rings. The normalized spacial score (nSPS) is 11.1. The summed E-state index contributed by atoms with van der Waals surface area (Å²) in [5, 5.41) is 9.85. The highest BCUT2D eigenvalue weighted by molar-refractivity contribution is 5.83. The maximum atomic E-state index is 9.85. The summed E-state index contributed by atoms with van der Waals surface area (Å²) in [6.45, 7) is 4.35. The lowest BCUT2D eigenvalue weighted by atomic mass is 10.2. The Morgan fingerprint density at radius 2 is 1.59 bits per heavy atom. The predicted octanol–water partition coefficient (Wildman–Crippen LogP) is 5.70. The molecule has 0 aliphatic carbocycles. The number of aromatic hydroxyl groups is 1. The van der Waals surface area contributed by atoms with Crippen molar-refractivity contribution in [3.8, 4) is 11.5 Å². The Morgan fingerprint density at radius 3 is 2.19 bits per heavy atom. The van der Waals surface area contributed by atoms with Gasteiger partial charge in [-0.3, -0.25) is 4.99 Å². The van der Waals surface area contributed by atoms with Gasteiger partial charge in [-0.15, -0.1) is 0 Å². The zero-order chi connectivity index (χ0) is 19.2. The second-order valence-corrected chi connectivity index (χ2v) is 6.51. The van der Waals surface area contributed by atoms with Gasteiger partial charge in [0.15, 0.2) is 11.5 Å². The van der Waals surface area contributed by atoms with E-state index < -0.39 is 0 Å². The van der Waals surface area contributed by atoms with E-state index >= 15 is 0 Å². The third-order valence-corrected chi connectivity index (χ3v) is 4.24. The first-order chi connectivity index (χ1) is 13.1. The number of rotatable bonds is 6. The zero-order valence-electron chi connectivity index (χ0n) is 15.8. The molecule has 27 heavy (non-hydrogen) atoms. The van der Waals surface area contributed by atoms with E-state index in [4.69, 9.17) is 4.74 Å². The molecule has 4 nitrogen and oxygen atoms in total. The van der Waals surface area contributed by atoms with Crippen molar-refractivity contribution in [2.24, 2.45) is 4.99 Å². The Labute approximate surface area is 160 Å². The van der Waals surface area contributed by atoms with Gasteiger partial charge in [0.05, 0.1) is 12.8 Å². The zero-order valence-corrected chi connectivity index (χ0v) is 15.8. The largest absolute Gasteiger partial charge is 0.504 e. The monoisotopic (exact) mass is 360 g/mol. The molecule has 0 spiro atoms. The number of aliphatic imine (C=N–C) groups is 1. The minimum Gasteiger partial charge on any atom is -0.504 e. The number of nitrogens with zero attached hydrogens (tertiary/aromatic N) is 2. The predicted molar refractivity (Wildman–Crippen MR) is 112 cm³/mol. The van der Waals surface area contributed by atoms with Gasteiger partial charge >= 0.3 is 0 Å². The summed E-state index contributed by atoms with van der Waals surface area (Å²) >= 11 is 0. The summed E-state index contributed by atoms with van der Waals surface area (Å²) in [5.41, 5.74) is 3.95. The molecule has 3 aromatic rings. The van der Waals surface area contributed by atoms with Crippen LogP contribution in [0.15, 0.2) is 77.8 Å². The van der Waals surface area contributed by atoms with Crippen molar-refractivity contribution in [1.82, 2.24) is 0 Å². The van der Waals surface area contributed by atoms with E-state index in [2.05, 4.69) is 48.0 Å². The highest BCUT2D eigenvalue weighted by Gasteiger charge is 2.12. The number of ether oxygens (including phenoxy) is 1. The first-order valence-electron chi connectivity index (χ1n) is 8.94. The molecular formula is C23H24N2O2. The smallest absolute Gasteiger partial charge is 0.160 e. The van der Waals surface area contributed by atoms with Crippen LogP contribution >= 0.6 is 0 Å². The summed E-state index contributed by atoms with van der Waals surface area (Å²) in [7, 11) is 1.53. The molecule has 0 atom stereocenters. The van der Waals surface area contributed by atoms with Crippen LogP contribution in [0, 0.1) is 0 Å². The second-order valence-electron chi connectivity index (χ2n) is 6.51. The molecular weight excluding hydrogens is 336 g/mol. The molecule has 1 N–H and O–H groups in total. The molecule has 3 aromatic carbocycles. The van der Waals surface area contributed by atoms with E-state index in [9.17, 15) is 5.11 Å². The van der Waals surface area contributed by atoms with Gasteiger partial charge in [-0.25, -0.2) is 0 Å². The van der Waals surface area contributed by atoms with E-state index in [-0.39, 0.29) is 5.75 Å². The van der Waals surface area contributed by atoms with Crippen molar-refractivity contribution in [2.45, 2.75) is 19.9 Å². The summed E-state index contributed by atoms with van der Waals surface area (Å²) in [4.78, 5) is 6.78. The fourth-order valence-electron chi connectivity index (χ4n) is 2.97. The van der Waals surface area contributed by atoms with Crippen molar-refractivity contribution in [2.75, 3.05) is 12.0 Å². The van der Waals surface area contributed by atoms with E-state index in [1.54, 1.807) is 18.3 Å². The Bertz CT molecular complexity index is 903. The number of phenolic OH excluding ortho intramolecular Hbond substituents is 1. The highest BCUT2D eigenvalue weighted by Crippen LogP contribution is 2.29. The van der Waals surface area contributed by atoms with Gasteiger partial charge in [0.2, 0.25) is 0 Å². The molecule has 138 valence electrons. The van der Waals surface area contributed by atoms with Crippen molar-refractivity contribution in [3.05, 3.63) is 78.4 Å². The number of phenols is 1. The first kappa shape index (κ1) is 18.5. The fourth-order valence-corrected chi connectivity index (χ4v) is 2.97. The average molecular weight is 360 g/mol.